The number of hydrogen-bond donors (Lipinski definition) is 2. The van der Waals surface area contributed by atoms with Gasteiger partial charge >= 0.3 is 6.09 Å². The highest BCUT2D eigenvalue weighted by molar-refractivity contribution is 5.91. The monoisotopic (exact) mass is 419 g/mol. The van der Waals surface area contributed by atoms with E-state index in [2.05, 4.69) is 10.6 Å². The van der Waals surface area contributed by atoms with Crippen LogP contribution in [0.2, 0.25) is 0 Å². The van der Waals surface area contributed by atoms with Crippen molar-refractivity contribution in [3.63, 3.8) is 0 Å². The maximum absolute atomic E-state index is 13.3. The molecule has 0 aliphatic rings. The average molecular weight is 420 g/mol. The topological polar surface area (TPSA) is 87.7 Å². The van der Waals surface area contributed by atoms with Crippen LogP contribution in [-0.4, -0.2) is 46.0 Å². The van der Waals surface area contributed by atoms with Crippen LogP contribution in [0.15, 0.2) is 30.3 Å². The van der Waals surface area contributed by atoms with Gasteiger partial charge in [-0.05, 0) is 67.9 Å². The summed E-state index contributed by atoms with van der Waals surface area (Å²) in [4.78, 5) is 40.0. The van der Waals surface area contributed by atoms with Gasteiger partial charge in [0.25, 0.3) is 0 Å². The van der Waals surface area contributed by atoms with Crippen molar-refractivity contribution in [2.24, 2.45) is 0 Å². The van der Waals surface area contributed by atoms with Crippen molar-refractivity contribution < 1.29 is 19.1 Å². The highest BCUT2D eigenvalue weighted by atomic mass is 16.6. The Morgan fingerprint density at radius 1 is 0.933 bits per heavy atom. The van der Waals surface area contributed by atoms with E-state index in [1.807, 2.05) is 71.9 Å². The van der Waals surface area contributed by atoms with Crippen LogP contribution in [0.4, 0.5) is 4.79 Å². The molecule has 168 valence electrons. The molecule has 0 aliphatic carbocycles. The Balaban J connectivity index is 3.23. The minimum atomic E-state index is -0.849. The van der Waals surface area contributed by atoms with Crippen LogP contribution in [0.5, 0.6) is 0 Å². The number of carbonyl (C=O) groups is 3. The van der Waals surface area contributed by atoms with E-state index in [4.69, 9.17) is 4.74 Å². The predicted octanol–water partition coefficient (Wildman–Crippen LogP) is 3.79. The van der Waals surface area contributed by atoms with Crippen LogP contribution < -0.4 is 10.6 Å². The van der Waals surface area contributed by atoms with Gasteiger partial charge in [-0.1, -0.05) is 30.3 Å². The first kappa shape index (κ1) is 25.5. The van der Waals surface area contributed by atoms with E-state index < -0.39 is 28.8 Å². The van der Waals surface area contributed by atoms with E-state index in [1.165, 1.54) is 4.90 Å². The molecular weight excluding hydrogens is 382 g/mol. The average Bonchev–Trinajstić information content (AvgIpc) is 2.54. The summed E-state index contributed by atoms with van der Waals surface area (Å²) in [5, 5.41) is 5.48. The highest BCUT2D eigenvalue weighted by Gasteiger charge is 2.39. The second-order valence-corrected chi connectivity index (χ2v) is 10.3. The molecule has 2 N–H and O–H groups in total. The van der Waals surface area contributed by atoms with Crippen molar-refractivity contribution in [2.45, 2.75) is 85.0 Å². The van der Waals surface area contributed by atoms with Crippen molar-refractivity contribution in [3.8, 4) is 0 Å². The van der Waals surface area contributed by atoms with Gasteiger partial charge in [-0.2, -0.15) is 0 Å². The molecule has 0 aliphatic heterocycles. The number of amides is 3. The fourth-order valence-corrected chi connectivity index (χ4v) is 2.94. The van der Waals surface area contributed by atoms with Crippen molar-refractivity contribution >= 4 is 17.9 Å². The van der Waals surface area contributed by atoms with Crippen LogP contribution in [0.25, 0.3) is 0 Å². The third kappa shape index (κ3) is 8.43. The zero-order valence-corrected chi connectivity index (χ0v) is 19.8. The molecular formula is C23H37N3O4. The second-order valence-electron chi connectivity index (χ2n) is 10.3. The van der Waals surface area contributed by atoms with E-state index in [9.17, 15) is 14.4 Å². The molecule has 0 heterocycles. The Morgan fingerprint density at radius 2 is 1.47 bits per heavy atom. The fourth-order valence-electron chi connectivity index (χ4n) is 2.94. The quantitative estimate of drug-likeness (QED) is 0.760. The summed E-state index contributed by atoms with van der Waals surface area (Å²) in [6.07, 6.45) is -0.680. The molecule has 0 bridgehead atoms. The Labute approximate surface area is 180 Å². The highest BCUT2D eigenvalue weighted by Crippen LogP contribution is 2.29. The molecule has 1 atom stereocenters. The first-order valence-electron chi connectivity index (χ1n) is 10.2. The van der Waals surface area contributed by atoms with Crippen LogP contribution >= 0.6 is 0 Å². The van der Waals surface area contributed by atoms with Gasteiger partial charge in [-0.3, -0.25) is 9.59 Å². The molecule has 1 aromatic rings. The number of hydrogen-bond acceptors (Lipinski definition) is 4. The molecule has 1 unspecified atom stereocenters. The second kappa shape index (κ2) is 9.49. The van der Waals surface area contributed by atoms with Crippen molar-refractivity contribution in [2.75, 3.05) is 6.54 Å². The number of alkyl carbamates (subject to hydrolysis) is 1. The molecule has 0 saturated carbocycles. The van der Waals surface area contributed by atoms with Gasteiger partial charge in [0.1, 0.15) is 18.2 Å². The van der Waals surface area contributed by atoms with E-state index >= 15 is 0 Å². The molecule has 1 aromatic carbocycles. The lowest BCUT2D eigenvalue weighted by Gasteiger charge is -2.42. The zero-order valence-electron chi connectivity index (χ0n) is 19.8. The molecule has 7 nitrogen and oxygen atoms in total. The number of benzene rings is 1. The number of rotatable bonds is 5. The van der Waals surface area contributed by atoms with Crippen molar-refractivity contribution in [1.82, 2.24) is 15.5 Å². The molecule has 1 rings (SSSR count). The molecule has 0 aromatic heterocycles. The molecule has 30 heavy (non-hydrogen) atoms. The van der Waals surface area contributed by atoms with Gasteiger partial charge in [-0.15, -0.1) is 0 Å². The van der Waals surface area contributed by atoms with Gasteiger partial charge in [0.05, 0.1) is 0 Å². The van der Waals surface area contributed by atoms with Crippen LogP contribution in [-0.2, 0) is 14.3 Å². The molecule has 0 saturated heterocycles. The van der Waals surface area contributed by atoms with E-state index in [-0.39, 0.29) is 18.4 Å². The molecule has 0 radical (unpaired) electrons. The fraction of sp³-hybridized carbons (Fsp3) is 0.609. The Kier molecular flexibility index (Phi) is 8.06. The summed E-state index contributed by atoms with van der Waals surface area (Å²) in [6, 6.07) is 8.31. The minimum absolute atomic E-state index is 0.279. The van der Waals surface area contributed by atoms with E-state index in [0.29, 0.717) is 5.56 Å². The standard InChI is InChI=1S/C23H37N3O4/c1-21(2,3)25-19(28)18(16-13-11-10-12-14-16)26(22(4,5)6)17(27)15-24-20(29)30-23(7,8)9/h10-14,18H,15H2,1-9H3,(H,24,29)(H,25,28). The predicted molar refractivity (Wildman–Crippen MR) is 118 cm³/mol. The summed E-state index contributed by atoms with van der Waals surface area (Å²) >= 11 is 0. The van der Waals surface area contributed by atoms with E-state index in [0.717, 1.165) is 0 Å². The largest absolute Gasteiger partial charge is 0.444 e. The first-order chi connectivity index (χ1) is 13.5. The van der Waals surface area contributed by atoms with Crippen LogP contribution in [0.1, 0.15) is 73.9 Å². The summed E-state index contributed by atoms with van der Waals surface area (Å²) < 4.78 is 5.21. The maximum atomic E-state index is 13.3. The van der Waals surface area contributed by atoms with Gasteiger partial charge in [0, 0.05) is 11.1 Å². The maximum Gasteiger partial charge on any atom is 0.408 e. The van der Waals surface area contributed by atoms with Crippen LogP contribution in [0, 0.1) is 0 Å². The molecule has 0 fully saturated rings. The van der Waals surface area contributed by atoms with Crippen molar-refractivity contribution in [3.05, 3.63) is 35.9 Å². The Hall–Kier alpha value is -2.57. The van der Waals surface area contributed by atoms with Gasteiger partial charge in [0.15, 0.2) is 0 Å². The van der Waals surface area contributed by atoms with Gasteiger partial charge < -0.3 is 20.3 Å². The van der Waals surface area contributed by atoms with Gasteiger partial charge in [-0.25, -0.2) is 4.79 Å². The summed E-state index contributed by atoms with van der Waals surface area (Å²) in [5.74, 6) is -0.666. The Bertz CT molecular complexity index is 740. The van der Waals surface area contributed by atoms with Crippen LogP contribution in [0.3, 0.4) is 0 Å². The molecule has 0 spiro atoms. The normalized spacial score (nSPS) is 13.2. The smallest absolute Gasteiger partial charge is 0.408 e. The summed E-state index contributed by atoms with van der Waals surface area (Å²) in [7, 11) is 0. The number of ether oxygens (including phenoxy) is 1. The van der Waals surface area contributed by atoms with Crippen molar-refractivity contribution in [1.29, 1.82) is 0 Å². The van der Waals surface area contributed by atoms with Gasteiger partial charge in [0.2, 0.25) is 11.8 Å². The number of nitrogens with zero attached hydrogens (tertiary/aromatic N) is 1. The number of carbonyl (C=O) groups excluding carboxylic acids is 3. The minimum Gasteiger partial charge on any atom is -0.444 e. The Morgan fingerprint density at radius 3 is 1.90 bits per heavy atom. The van der Waals surface area contributed by atoms with E-state index in [1.54, 1.807) is 20.8 Å². The lowest BCUT2D eigenvalue weighted by molar-refractivity contribution is -0.146. The summed E-state index contributed by atoms with van der Waals surface area (Å²) in [5.41, 5.74) is -1.12. The summed E-state index contributed by atoms with van der Waals surface area (Å²) in [6.45, 7) is 16.2. The third-order valence-corrected chi connectivity index (χ3v) is 3.89. The molecule has 7 heteroatoms. The first-order valence-corrected chi connectivity index (χ1v) is 10.2. The SMILES string of the molecule is CC(C)(C)NC(=O)C(c1ccccc1)N(C(=O)CNC(=O)OC(C)(C)C)C(C)(C)C. The third-order valence-electron chi connectivity index (χ3n) is 3.89. The molecule has 3 amide bonds. The zero-order chi connectivity index (χ0) is 23.3. The lowest BCUT2D eigenvalue weighted by Crippen LogP contribution is -2.56. The number of nitrogens with one attached hydrogen (secondary N) is 2. The lowest BCUT2D eigenvalue weighted by atomic mass is 9.95.